The number of carboxylic acid groups (broad SMARTS) is 1. The second-order valence-corrected chi connectivity index (χ2v) is 6.22. The number of hydrogen-bond acceptors (Lipinski definition) is 7. The largest absolute Gasteiger partial charge is 0.481 e. The van der Waals surface area contributed by atoms with E-state index in [2.05, 4.69) is 25.1 Å². The van der Waals surface area contributed by atoms with Crippen molar-refractivity contribution >= 4 is 11.8 Å². The zero-order valence-corrected chi connectivity index (χ0v) is 14.3. The second kappa shape index (κ2) is 6.58. The number of hydrogen-bond donors (Lipinski definition) is 1. The molecule has 0 saturated carbocycles. The molecule has 3 aromatic heterocycles. The minimum absolute atomic E-state index is 0.0956. The van der Waals surface area contributed by atoms with Gasteiger partial charge in [-0.15, -0.1) is 0 Å². The van der Waals surface area contributed by atoms with Gasteiger partial charge in [0.05, 0.1) is 36.5 Å². The molecule has 0 fully saturated rings. The minimum atomic E-state index is -0.807. The number of fused-ring (bicyclic) bond motifs is 1. The zero-order chi connectivity index (χ0) is 18.1. The number of aryl methyl sites for hydroxylation is 2. The van der Waals surface area contributed by atoms with Gasteiger partial charge in [0.1, 0.15) is 5.82 Å². The van der Waals surface area contributed by atoms with E-state index < -0.39 is 5.97 Å². The highest BCUT2D eigenvalue weighted by Crippen LogP contribution is 2.23. The monoisotopic (exact) mass is 354 g/mol. The van der Waals surface area contributed by atoms with Crippen molar-refractivity contribution in [2.24, 2.45) is 0 Å². The molecule has 134 valence electrons. The van der Waals surface area contributed by atoms with Gasteiger partial charge in [0.25, 0.3) is 5.89 Å². The van der Waals surface area contributed by atoms with Gasteiger partial charge in [0.2, 0.25) is 0 Å². The lowest BCUT2D eigenvalue weighted by molar-refractivity contribution is -0.136. The first-order valence-corrected chi connectivity index (χ1v) is 8.37. The van der Waals surface area contributed by atoms with Gasteiger partial charge in [-0.25, -0.2) is 4.98 Å². The molecule has 0 atom stereocenters. The average Bonchev–Trinajstić information content (AvgIpc) is 3.25. The van der Waals surface area contributed by atoms with Crippen LogP contribution in [0.5, 0.6) is 0 Å². The van der Waals surface area contributed by atoms with Crippen molar-refractivity contribution in [3.63, 3.8) is 0 Å². The smallest absolute Gasteiger partial charge is 0.303 e. The molecule has 0 amide bonds. The predicted molar refractivity (Wildman–Crippen MR) is 91.5 cm³/mol. The number of aromatic nitrogens is 5. The molecule has 1 aliphatic heterocycles. The van der Waals surface area contributed by atoms with Gasteiger partial charge < -0.3 is 14.5 Å². The Morgan fingerprint density at radius 1 is 1.35 bits per heavy atom. The topological polar surface area (TPSA) is 110 Å². The number of carbonyl (C=O) groups is 1. The third kappa shape index (κ3) is 3.28. The van der Waals surface area contributed by atoms with Crippen LogP contribution in [-0.2, 0) is 24.3 Å². The van der Waals surface area contributed by atoms with Crippen LogP contribution in [0.25, 0.3) is 11.5 Å². The molecule has 0 saturated heterocycles. The summed E-state index contributed by atoms with van der Waals surface area (Å²) in [7, 11) is 0. The summed E-state index contributed by atoms with van der Waals surface area (Å²) in [6.07, 6.45) is 2.27. The molecule has 0 spiro atoms. The van der Waals surface area contributed by atoms with E-state index in [4.69, 9.17) is 9.63 Å². The van der Waals surface area contributed by atoms with Crippen LogP contribution in [0, 0.1) is 6.92 Å². The Morgan fingerprint density at radius 3 is 2.92 bits per heavy atom. The van der Waals surface area contributed by atoms with Crippen LogP contribution in [0.15, 0.2) is 28.9 Å². The van der Waals surface area contributed by atoms with E-state index in [1.807, 2.05) is 22.9 Å². The number of nitrogens with zero attached hydrogens (tertiary/aromatic N) is 6. The normalized spacial score (nSPS) is 13.7. The Bertz CT molecular complexity index is 930. The summed E-state index contributed by atoms with van der Waals surface area (Å²) >= 11 is 0. The van der Waals surface area contributed by atoms with Crippen LogP contribution in [0.1, 0.15) is 23.6 Å². The molecule has 9 heteroatoms. The van der Waals surface area contributed by atoms with Crippen LogP contribution < -0.4 is 4.90 Å². The molecule has 0 unspecified atom stereocenters. The van der Waals surface area contributed by atoms with Crippen molar-refractivity contribution in [3.05, 3.63) is 41.6 Å². The summed E-state index contributed by atoms with van der Waals surface area (Å²) in [5.41, 5.74) is 2.67. The number of carboxylic acids is 1. The zero-order valence-electron chi connectivity index (χ0n) is 14.3. The third-order valence-electron chi connectivity index (χ3n) is 4.29. The van der Waals surface area contributed by atoms with Gasteiger partial charge >= 0.3 is 5.97 Å². The summed E-state index contributed by atoms with van der Waals surface area (Å²) in [5.74, 6) is 1.11. The van der Waals surface area contributed by atoms with Crippen LogP contribution >= 0.6 is 0 Å². The van der Waals surface area contributed by atoms with Gasteiger partial charge in [-0.3, -0.25) is 9.48 Å². The summed E-state index contributed by atoms with van der Waals surface area (Å²) in [6, 6.07) is 5.83. The fourth-order valence-corrected chi connectivity index (χ4v) is 2.99. The van der Waals surface area contributed by atoms with Crippen LogP contribution in [0.4, 0.5) is 5.82 Å². The molecule has 0 aliphatic carbocycles. The van der Waals surface area contributed by atoms with E-state index >= 15 is 0 Å². The SMILES string of the molecule is Cc1noc(-c2ccc(N3CCn4nc(CCC(=O)O)cc4C3)nc2)n1. The van der Waals surface area contributed by atoms with Crippen molar-refractivity contribution in [3.8, 4) is 11.5 Å². The molecule has 1 N–H and O–H groups in total. The van der Waals surface area contributed by atoms with Gasteiger partial charge in [0.15, 0.2) is 5.82 Å². The van der Waals surface area contributed by atoms with E-state index in [0.29, 0.717) is 24.7 Å². The fraction of sp³-hybridized carbons (Fsp3) is 0.353. The second-order valence-electron chi connectivity index (χ2n) is 6.22. The van der Waals surface area contributed by atoms with Crippen molar-refractivity contribution in [2.45, 2.75) is 32.9 Å². The lowest BCUT2D eigenvalue weighted by Gasteiger charge is -2.28. The molecule has 4 heterocycles. The molecule has 9 nitrogen and oxygen atoms in total. The Labute approximate surface area is 149 Å². The number of aliphatic carboxylic acids is 1. The van der Waals surface area contributed by atoms with Crippen molar-refractivity contribution in [2.75, 3.05) is 11.4 Å². The molecule has 26 heavy (non-hydrogen) atoms. The Kier molecular flexibility index (Phi) is 4.11. The molecule has 4 rings (SSSR count). The van der Waals surface area contributed by atoms with Crippen LogP contribution in [-0.4, -0.2) is 42.5 Å². The van der Waals surface area contributed by atoms with Crippen LogP contribution in [0.2, 0.25) is 0 Å². The highest BCUT2D eigenvalue weighted by atomic mass is 16.5. The summed E-state index contributed by atoms with van der Waals surface area (Å²) in [6.45, 7) is 4.00. The quantitative estimate of drug-likeness (QED) is 0.737. The molecule has 0 radical (unpaired) electrons. The number of anilines is 1. The third-order valence-corrected chi connectivity index (χ3v) is 4.29. The van der Waals surface area contributed by atoms with Gasteiger partial charge in [-0.2, -0.15) is 10.1 Å². The maximum Gasteiger partial charge on any atom is 0.303 e. The van der Waals surface area contributed by atoms with Crippen molar-refractivity contribution in [1.29, 1.82) is 0 Å². The maximum absolute atomic E-state index is 10.7. The number of pyridine rings is 1. The van der Waals surface area contributed by atoms with Gasteiger partial charge in [0, 0.05) is 19.2 Å². The summed E-state index contributed by atoms with van der Waals surface area (Å²) in [4.78, 5) is 21.6. The number of rotatable bonds is 5. The lowest BCUT2D eigenvalue weighted by atomic mass is 10.2. The average molecular weight is 354 g/mol. The molecule has 0 bridgehead atoms. The van der Waals surface area contributed by atoms with E-state index in [9.17, 15) is 4.79 Å². The first-order valence-electron chi connectivity index (χ1n) is 8.37. The van der Waals surface area contributed by atoms with Gasteiger partial charge in [-0.1, -0.05) is 5.16 Å². The molecular formula is C17H18N6O3. The summed E-state index contributed by atoms with van der Waals surface area (Å²) in [5, 5.41) is 17.1. The lowest BCUT2D eigenvalue weighted by Crippen LogP contribution is -2.34. The van der Waals surface area contributed by atoms with E-state index in [1.165, 1.54) is 0 Å². The first-order chi connectivity index (χ1) is 12.6. The fourth-order valence-electron chi connectivity index (χ4n) is 2.99. The van der Waals surface area contributed by atoms with Crippen molar-refractivity contribution < 1.29 is 14.4 Å². The molecule has 0 aromatic carbocycles. The molecule has 3 aromatic rings. The highest BCUT2D eigenvalue weighted by Gasteiger charge is 2.20. The van der Waals surface area contributed by atoms with E-state index in [-0.39, 0.29) is 6.42 Å². The Balaban J connectivity index is 1.47. The molecule has 1 aliphatic rings. The Morgan fingerprint density at radius 2 is 2.23 bits per heavy atom. The highest BCUT2D eigenvalue weighted by molar-refractivity contribution is 5.67. The van der Waals surface area contributed by atoms with Crippen LogP contribution in [0.3, 0.4) is 0 Å². The Hall–Kier alpha value is -3.23. The van der Waals surface area contributed by atoms with Crippen molar-refractivity contribution in [1.82, 2.24) is 24.9 Å². The first kappa shape index (κ1) is 16.2. The predicted octanol–water partition coefficient (Wildman–Crippen LogP) is 1.67. The van der Waals surface area contributed by atoms with E-state index in [0.717, 1.165) is 35.9 Å². The molecular weight excluding hydrogens is 336 g/mol. The maximum atomic E-state index is 10.7. The minimum Gasteiger partial charge on any atom is -0.481 e. The standard InChI is InChI=1S/C17H18N6O3/c1-11-19-17(26-21-11)12-2-4-15(18-9-12)22-6-7-23-14(10-22)8-13(20-23)3-5-16(24)25/h2,4,8-9H,3,5-7,10H2,1H3,(H,24,25). The van der Waals surface area contributed by atoms with Gasteiger partial charge in [-0.05, 0) is 25.1 Å². The summed E-state index contributed by atoms with van der Waals surface area (Å²) < 4.78 is 7.10. The van der Waals surface area contributed by atoms with E-state index in [1.54, 1.807) is 13.1 Å².